The number of imidazole rings is 1. The Morgan fingerprint density at radius 1 is 1.33 bits per heavy atom. The van der Waals surface area contributed by atoms with Crippen LogP contribution in [0.4, 0.5) is 5.69 Å². The molecule has 110 valence electrons. The van der Waals surface area contributed by atoms with Crippen molar-refractivity contribution in [1.29, 1.82) is 0 Å². The van der Waals surface area contributed by atoms with Crippen molar-refractivity contribution >= 4 is 17.3 Å². The molecule has 0 aliphatic heterocycles. The van der Waals surface area contributed by atoms with Crippen LogP contribution in [0, 0.1) is 5.41 Å². The van der Waals surface area contributed by atoms with E-state index in [0.717, 1.165) is 11.4 Å². The monoisotopic (exact) mass is 301 g/mol. The van der Waals surface area contributed by atoms with Gasteiger partial charge in [-0.05, 0) is 36.5 Å². The zero-order valence-electron chi connectivity index (χ0n) is 12.6. The van der Waals surface area contributed by atoms with Gasteiger partial charge in [-0.2, -0.15) is 0 Å². The second-order valence-electron chi connectivity index (χ2n) is 7.22. The summed E-state index contributed by atoms with van der Waals surface area (Å²) < 4.78 is 0. The predicted octanol–water partition coefficient (Wildman–Crippen LogP) is 4.49. The van der Waals surface area contributed by atoms with E-state index >= 15 is 0 Å². The molecule has 0 saturated heterocycles. The fourth-order valence-electron chi connectivity index (χ4n) is 4.35. The molecular weight excluding hydrogens is 282 g/mol. The number of nitrogen functional groups attached to an aromatic ring is 1. The normalized spacial score (nSPS) is 28.9. The molecule has 0 radical (unpaired) electrons. The maximum absolute atomic E-state index is 6.11. The smallest absolute Gasteiger partial charge is 0.139 e. The Bertz CT molecular complexity index is 746. The predicted molar refractivity (Wildman–Crippen MR) is 86.6 cm³/mol. The van der Waals surface area contributed by atoms with Gasteiger partial charge in [-0.25, -0.2) is 4.98 Å². The minimum Gasteiger partial charge on any atom is -0.398 e. The first-order valence-electron chi connectivity index (χ1n) is 7.50. The van der Waals surface area contributed by atoms with Gasteiger partial charge in [0.1, 0.15) is 5.82 Å². The molecule has 2 atom stereocenters. The minimum atomic E-state index is 0.162. The second kappa shape index (κ2) is 3.83. The van der Waals surface area contributed by atoms with Crippen LogP contribution < -0.4 is 5.73 Å². The average Bonchev–Trinajstić information content (AvgIpc) is 2.99. The van der Waals surface area contributed by atoms with Crippen LogP contribution in [-0.4, -0.2) is 9.97 Å². The van der Waals surface area contributed by atoms with Crippen LogP contribution in [-0.2, 0) is 5.41 Å². The molecule has 21 heavy (non-hydrogen) atoms. The molecule has 3 N–H and O–H groups in total. The Kier molecular flexibility index (Phi) is 2.41. The topological polar surface area (TPSA) is 54.7 Å². The summed E-state index contributed by atoms with van der Waals surface area (Å²) in [5.41, 5.74) is 10.7. The van der Waals surface area contributed by atoms with Crippen LogP contribution in [0.5, 0.6) is 0 Å². The van der Waals surface area contributed by atoms with E-state index in [2.05, 4.69) is 25.8 Å². The summed E-state index contributed by atoms with van der Waals surface area (Å²) in [4.78, 5) is 8.46. The first-order valence-corrected chi connectivity index (χ1v) is 7.88. The number of rotatable bonds is 1. The summed E-state index contributed by atoms with van der Waals surface area (Å²) in [6, 6.07) is 5.54. The van der Waals surface area contributed by atoms with Crippen molar-refractivity contribution in [3.63, 3.8) is 0 Å². The molecule has 0 spiro atoms. The van der Waals surface area contributed by atoms with Crippen LogP contribution in [0.1, 0.15) is 50.9 Å². The van der Waals surface area contributed by atoms with E-state index in [1.165, 1.54) is 24.2 Å². The Balaban J connectivity index is 1.88. The lowest BCUT2D eigenvalue weighted by atomic mass is 9.70. The van der Waals surface area contributed by atoms with Gasteiger partial charge >= 0.3 is 0 Å². The van der Waals surface area contributed by atoms with Crippen molar-refractivity contribution in [2.24, 2.45) is 5.41 Å². The van der Waals surface area contributed by atoms with Gasteiger partial charge in [-0.1, -0.05) is 32.4 Å². The number of H-pyrrole nitrogens is 1. The number of nitrogens with two attached hydrogens (primary N) is 1. The van der Waals surface area contributed by atoms with Gasteiger partial charge < -0.3 is 10.7 Å². The molecule has 2 aliphatic carbocycles. The van der Waals surface area contributed by atoms with Crippen molar-refractivity contribution < 1.29 is 0 Å². The third kappa shape index (κ3) is 1.48. The molecule has 4 rings (SSSR count). The number of aromatic nitrogens is 2. The summed E-state index contributed by atoms with van der Waals surface area (Å²) in [5, 5.41) is 0.685. The summed E-state index contributed by atoms with van der Waals surface area (Å²) in [6.07, 6.45) is 2.45. The number of hydrogen-bond donors (Lipinski definition) is 2. The number of halogens is 1. The quantitative estimate of drug-likeness (QED) is 0.763. The molecule has 1 heterocycles. The lowest BCUT2D eigenvalue weighted by Gasteiger charge is -2.34. The molecule has 0 amide bonds. The van der Waals surface area contributed by atoms with Gasteiger partial charge in [0, 0.05) is 33.3 Å². The lowest BCUT2D eigenvalue weighted by molar-refractivity contribution is 0.226. The SMILES string of the molecule is CC12CCC(c3[nH]c(-c4cc(Cl)ccc4N)nc31)C2(C)C. The van der Waals surface area contributed by atoms with Crippen LogP contribution in [0.2, 0.25) is 5.02 Å². The van der Waals surface area contributed by atoms with Gasteiger partial charge in [-0.3, -0.25) is 0 Å². The van der Waals surface area contributed by atoms with Crippen LogP contribution in [0.15, 0.2) is 18.2 Å². The molecule has 1 fully saturated rings. The first-order chi connectivity index (χ1) is 9.84. The van der Waals surface area contributed by atoms with E-state index in [1.807, 2.05) is 18.2 Å². The van der Waals surface area contributed by atoms with Crippen LogP contribution in [0.25, 0.3) is 11.4 Å². The fourth-order valence-corrected chi connectivity index (χ4v) is 4.52. The number of anilines is 1. The first kappa shape index (κ1) is 13.2. The van der Waals surface area contributed by atoms with Gasteiger partial charge in [0.2, 0.25) is 0 Å². The zero-order chi connectivity index (χ0) is 15.0. The van der Waals surface area contributed by atoms with Gasteiger partial charge in [0.15, 0.2) is 0 Å². The second-order valence-corrected chi connectivity index (χ2v) is 7.66. The number of aromatic amines is 1. The van der Waals surface area contributed by atoms with E-state index in [9.17, 15) is 0 Å². The molecule has 4 heteroatoms. The molecule has 1 aromatic heterocycles. The number of hydrogen-bond acceptors (Lipinski definition) is 2. The molecule has 2 bridgehead atoms. The van der Waals surface area contributed by atoms with E-state index < -0.39 is 0 Å². The highest BCUT2D eigenvalue weighted by Crippen LogP contribution is 2.67. The Morgan fingerprint density at radius 3 is 2.81 bits per heavy atom. The van der Waals surface area contributed by atoms with E-state index in [1.54, 1.807) is 0 Å². The number of nitrogens with one attached hydrogen (secondary N) is 1. The Labute approximate surface area is 129 Å². The number of benzene rings is 1. The molecule has 3 nitrogen and oxygen atoms in total. The standard InChI is InChI=1S/C17H20ClN3/c1-16(2)11-6-7-17(16,3)14-13(11)20-15(21-14)10-8-9(18)4-5-12(10)19/h4-5,8,11H,6-7,19H2,1-3H3,(H,20,21). The highest BCUT2D eigenvalue weighted by Gasteiger charge is 2.61. The summed E-state index contributed by atoms with van der Waals surface area (Å²) >= 11 is 6.11. The summed E-state index contributed by atoms with van der Waals surface area (Å²) in [6.45, 7) is 7.09. The third-order valence-electron chi connectivity index (χ3n) is 6.10. The molecular formula is C17H20ClN3. The Morgan fingerprint density at radius 2 is 2.10 bits per heavy atom. The molecule has 1 saturated carbocycles. The van der Waals surface area contributed by atoms with E-state index in [-0.39, 0.29) is 10.8 Å². The van der Waals surface area contributed by atoms with Gasteiger partial charge in [-0.15, -0.1) is 0 Å². The summed E-state index contributed by atoms with van der Waals surface area (Å²) in [7, 11) is 0. The minimum absolute atomic E-state index is 0.162. The van der Waals surface area contributed by atoms with Crippen molar-refractivity contribution in [3.8, 4) is 11.4 Å². The highest BCUT2D eigenvalue weighted by molar-refractivity contribution is 6.31. The molecule has 1 aromatic carbocycles. The maximum atomic E-state index is 6.11. The number of nitrogens with zero attached hydrogens (tertiary/aromatic N) is 1. The van der Waals surface area contributed by atoms with Crippen molar-refractivity contribution in [2.45, 2.75) is 44.9 Å². The zero-order valence-corrected chi connectivity index (χ0v) is 13.4. The highest BCUT2D eigenvalue weighted by atomic mass is 35.5. The molecule has 2 aromatic rings. The fraction of sp³-hybridized carbons (Fsp3) is 0.471. The lowest BCUT2D eigenvalue weighted by Crippen LogP contribution is -2.31. The largest absolute Gasteiger partial charge is 0.398 e. The Hall–Kier alpha value is -1.48. The van der Waals surface area contributed by atoms with Crippen molar-refractivity contribution in [1.82, 2.24) is 9.97 Å². The maximum Gasteiger partial charge on any atom is 0.139 e. The molecule has 2 aliphatic rings. The van der Waals surface area contributed by atoms with E-state index in [0.29, 0.717) is 16.6 Å². The molecule has 2 unspecified atom stereocenters. The summed E-state index contributed by atoms with van der Waals surface area (Å²) in [5.74, 6) is 1.42. The van der Waals surface area contributed by atoms with Crippen LogP contribution in [0.3, 0.4) is 0 Å². The van der Waals surface area contributed by atoms with Gasteiger partial charge in [0.25, 0.3) is 0 Å². The third-order valence-corrected chi connectivity index (χ3v) is 6.33. The number of fused-ring (bicyclic) bond motifs is 5. The van der Waals surface area contributed by atoms with Crippen LogP contribution >= 0.6 is 11.6 Å². The van der Waals surface area contributed by atoms with Crippen molar-refractivity contribution in [3.05, 3.63) is 34.6 Å². The van der Waals surface area contributed by atoms with Gasteiger partial charge in [0.05, 0.1) is 5.69 Å². The average molecular weight is 302 g/mol. The van der Waals surface area contributed by atoms with E-state index in [4.69, 9.17) is 22.3 Å². The van der Waals surface area contributed by atoms with Crippen molar-refractivity contribution in [2.75, 3.05) is 5.73 Å².